The largest absolute Gasteiger partial charge is 0.487 e. The normalized spacial score (nSPS) is 11.2. The molecule has 7 nitrogen and oxygen atoms in total. The fraction of sp³-hybridized carbons (Fsp3) is 0.192. The number of rotatable bonds is 8. The Bertz CT molecular complexity index is 1290. The molecule has 2 aromatic heterocycles. The summed E-state index contributed by atoms with van der Waals surface area (Å²) in [6, 6.07) is 17.6. The Morgan fingerprint density at radius 2 is 1.82 bits per heavy atom. The van der Waals surface area contributed by atoms with E-state index in [-0.39, 0.29) is 0 Å². The topological polar surface area (TPSA) is 90.4 Å². The zero-order valence-corrected chi connectivity index (χ0v) is 18.8. The Labute approximate surface area is 192 Å². The molecule has 168 valence electrons. The molecule has 4 rings (SSSR count). The van der Waals surface area contributed by atoms with Crippen molar-refractivity contribution in [2.75, 3.05) is 0 Å². The zero-order chi connectivity index (χ0) is 23.4. The number of carboxylic acid groups (broad SMARTS) is 1. The van der Waals surface area contributed by atoms with Crippen LogP contribution in [0.5, 0.6) is 5.75 Å². The smallest absolute Gasteiger partial charge is 0.328 e. The Kier molecular flexibility index (Phi) is 6.40. The number of aromatic nitrogens is 3. The summed E-state index contributed by atoms with van der Waals surface area (Å²) in [7, 11) is 0. The lowest BCUT2D eigenvalue weighted by Gasteiger charge is -2.08. The third-order valence-electron chi connectivity index (χ3n) is 5.37. The van der Waals surface area contributed by atoms with E-state index in [1.54, 1.807) is 6.08 Å². The van der Waals surface area contributed by atoms with Crippen molar-refractivity contribution in [3.8, 4) is 17.2 Å². The van der Waals surface area contributed by atoms with Crippen molar-refractivity contribution in [1.82, 2.24) is 14.8 Å². The van der Waals surface area contributed by atoms with E-state index < -0.39 is 5.97 Å². The lowest BCUT2D eigenvalue weighted by atomic mass is 10.1. The van der Waals surface area contributed by atoms with Crippen LogP contribution >= 0.6 is 0 Å². The molecule has 0 aliphatic rings. The first-order valence-corrected chi connectivity index (χ1v) is 10.6. The summed E-state index contributed by atoms with van der Waals surface area (Å²) in [5.41, 5.74) is 5.30. The van der Waals surface area contributed by atoms with E-state index in [0.29, 0.717) is 19.0 Å². The fourth-order valence-corrected chi connectivity index (χ4v) is 3.54. The van der Waals surface area contributed by atoms with E-state index in [1.807, 2.05) is 80.1 Å². The molecule has 0 bridgehead atoms. The van der Waals surface area contributed by atoms with Gasteiger partial charge in [0.25, 0.3) is 0 Å². The number of aliphatic carboxylic acids is 1. The average Bonchev–Trinajstić information content (AvgIpc) is 3.31. The molecule has 0 saturated carbocycles. The van der Waals surface area contributed by atoms with Gasteiger partial charge in [-0.25, -0.2) is 9.78 Å². The second-order valence-electron chi connectivity index (χ2n) is 7.73. The van der Waals surface area contributed by atoms with Crippen LogP contribution in [-0.2, 0) is 17.9 Å². The van der Waals surface area contributed by atoms with Gasteiger partial charge in [0.15, 0.2) is 0 Å². The van der Waals surface area contributed by atoms with Gasteiger partial charge in [0, 0.05) is 22.9 Å². The monoisotopic (exact) mass is 443 g/mol. The Hall–Kier alpha value is -4.13. The molecule has 0 amide bonds. The lowest BCUT2D eigenvalue weighted by Crippen LogP contribution is -2.04. The zero-order valence-electron chi connectivity index (χ0n) is 18.8. The first kappa shape index (κ1) is 22.1. The molecule has 0 atom stereocenters. The molecule has 0 unspecified atom stereocenters. The molecule has 0 saturated heterocycles. The van der Waals surface area contributed by atoms with E-state index in [4.69, 9.17) is 14.3 Å². The quantitative estimate of drug-likeness (QED) is 0.377. The molecule has 33 heavy (non-hydrogen) atoms. The standard InChI is InChI=1S/C26H25N3O4/c1-17-23(13-14-25(30)31)18(2)29(28-17)15-20-9-11-22(12-10-20)32-16-24-19(3)33-26(27-24)21-7-5-4-6-8-21/h4-14H,15-16H2,1-3H3,(H,30,31). The Morgan fingerprint density at radius 3 is 2.52 bits per heavy atom. The molecule has 2 aromatic carbocycles. The van der Waals surface area contributed by atoms with Crippen LogP contribution in [0, 0.1) is 20.8 Å². The predicted octanol–water partition coefficient (Wildman–Crippen LogP) is 5.19. The summed E-state index contributed by atoms with van der Waals surface area (Å²) in [5, 5.41) is 13.4. The molecule has 4 aromatic rings. The minimum absolute atomic E-state index is 0.318. The maximum atomic E-state index is 10.8. The van der Waals surface area contributed by atoms with E-state index in [0.717, 1.165) is 51.4 Å². The molecule has 0 fully saturated rings. The Balaban J connectivity index is 1.40. The van der Waals surface area contributed by atoms with Crippen molar-refractivity contribution in [2.45, 2.75) is 33.9 Å². The number of aryl methyl sites for hydroxylation is 2. The van der Waals surface area contributed by atoms with Gasteiger partial charge in [-0.05, 0) is 56.7 Å². The second kappa shape index (κ2) is 9.56. The van der Waals surface area contributed by atoms with Gasteiger partial charge in [0.05, 0.1) is 12.2 Å². The van der Waals surface area contributed by atoms with Gasteiger partial charge < -0.3 is 14.3 Å². The first-order chi connectivity index (χ1) is 15.9. The fourth-order valence-electron chi connectivity index (χ4n) is 3.54. The van der Waals surface area contributed by atoms with Crippen molar-refractivity contribution < 1.29 is 19.1 Å². The van der Waals surface area contributed by atoms with Crippen LogP contribution in [0.3, 0.4) is 0 Å². The highest BCUT2D eigenvalue weighted by Gasteiger charge is 2.13. The molecule has 2 heterocycles. The van der Waals surface area contributed by atoms with E-state index in [2.05, 4.69) is 10.1 Å². The van der Waals surface area contributed by atoms with Crippen molar-refractivity contribution in [3.05, 3.63) is 94.6 Å². The summed E-state index contributed by atoms with van der Waals surface area (Å²) in [5.74, 6) is 1.09. The van der Waals surface area contributed by atoms with Gasteiger partial charge in [-0.3, -0.25) is 4.68 Å². The molecule has 0 aliphatic heterocycles. The molecule has 1 N–H and O–H groups in total. The van der Waals surface area contributed by atoms with Crippen LogP contribution in [0.1, 0.15) is 34.0 Å². The van der Waals surface area contributed by atoms with Gasteiger partial charge in [0.2, 0.25) is 5.89 Å². The van der Waals surface area contributed by atoms with Crippen LogP contribution in [0.4, 0.5) is 0 Å². The van der Waals surface area contributed by atoms with Crippen LogP contribution in [0.2, 0.25) is 0 Å². The number of nitrogens with zero attached hydrogens (tertiary/aromatic N) is 3. The molecule has 0 spiro atoms. The number of ether oxygens (including phenoxy) is 1. The molecular weight excluding hydrogens is 418 g/mol. The predicted molar refractivity (Wildman–Crippen MR) is 125 cm³/mol. The van der Waals surface area contributed by atoms with Gasteiger partial charge >= 0.3 is 5.97 Å². The number of hydrogen-bond donors (Lipinski definition) is 1. The summed E-state index contributed by atoms with van der Waals surface area (Å²) in [6.45, 7) is 6.59. The maximum Gasteiger partial charge on any atom is 0.328 e. The summed E-state index contributed by atoms with van der Waals surface area (Å²) >= 11 is 0. The number of benzene rings is 2. The maximum absolute atomic E-state index is 10.8. The highest BCUT2D eigenvalue weighted by Crippen LogP contribution is 2.23. The third-order valence-corrected chi connectivity index (χ3v) is 5.37. The number of carbonyl (C=O) groups is 1. The van der Waals surface area contributed by atoms with Gasteiger partial charge in [-0.1, -0.05) is 30.3 Å². The van der Waals surface area contributed by atoms with Crippen LogP contribution < -0.4 is 4.74 Å². The van der Waals surface area contributed by atoms with Gasteiger partial charge in [0.1, 0.15) is 23.8 Å². The summed E-state index contributed by atoms with van der Waals surface area (Å²) in [4.78, 5) is 15.4. The highest BCUT2D eigenvalue weighted by molar-refractivity contribution is 5.85. The van der Waals surface area contributed by atoms with Crippen LogP contribution in [0.25, 0.3) is 17.5 Å². The molecular formula is C26H25N3O4. The summed E-state index contributed by atoms with van der Waals surface area (Å²) in [6.07, 6.45) is 2.72. The minimum Gasteiger partial charge on any atom is -0.487 e. The highest BCUT2D eigenvalue weighted by atomic mass is 16.5. The van der Waals surface area contributed by atoms with E-state index in [9.17, 15) is 4.79 Å². The van der Waals surface area contributed by atoms with E-state index in [1.165, 1.54) is 0 Å². The van der Waals surface area contributed by atoms with E-state index >= 15 is 0 Å². The second-order valence-corrected chi connectivity index (χ2v) is 7.73. The van der Waals surface area contributed by atoms with Crippen molar-refractivity contribution >= 4 is 12.0 Å². The van der Waals surface area contributed by atoms with Crippen molar-refractivity contribution in [2.24, 2.45) is 0 Å². The van der Waals surface area contributed by atoms with Crippen LogP contribution in [0.15, 0.2) is 65.1 Å². The first-order valence-electron chi connectivity index (χ1n) is 10.6. The third kappa shape index (κ3) is 5.20. The molecule has 7 heteroatoms. The average molecular weight is 444 g/mol. The lowest BCUT2D eigenvalue weighted by molar-refractivity contribution is -0.131. The van der Waals surface area contributed by atoms with Gasteiger partial charge in [-0.2, -0.15) is 5.10 Å². The number of carboxylic acids is 1. The number of oxazole rings is 1. The summed E-state index contributed by atoms with van der Waals surface area (Å²) < 4.78 is 13.6. The SMILES string of the molecule is Cc1nn(Cc2ccc(OCc3nc(-c4ccccc4)oc3C)cc2)c(C)c1C=CC(=O)O. The number of hydrogen-bond acceptors (Lipinski definition) is 5. The van der Waals surface area contributed by atoms with Crippen molar-refractivity contribution in [1.29, 1.82) is 0 Å². The minimum atomic E-state index is -0.978. The molecule has 0 radical (unpaired) electrons. The van der Waals surface area contributed by atoms with Crippen molar-refractivity contribution in [3.63, 3.8) is 0 Å². The van der Waals surface area contributed by atoms with Gasteiger partial charge in [-0.15, -0.1) is 0 Å². The Morgan fingerprint density at radius 1 is 1.09 bits per heavy atom. The molecule has 0 aliphatic carbocycles. The van der Waals surface area contributed by atoms with Crippen LogP contribution in [-0.4, -0.2) is 25.8 Å².